The minimum Gasteiger partial charge on any atom is -0.477 e. The van der Waals surface area contributed by atoms with Crippen LogP contribution in [0.4, 0.5) is 13.2 Å². The maximum Gasteiger partial charge on any atom is 0.471 e. The van der Waals surface area contributed by atoms with Gasteiger partial charge in [-0.05, 0) is 0 Å². The van der Waals surface area contributed by atoms with E-state index in [4.69, 9.17) is 9.47 Å². The van der Waals surface area contributed by atoms with Crippen molar-refractivity contribution >= 4 is 17.8 Å². The smallest absolute Gasteiger partial charge is 0.471 e. The molecule has 2 amide bonds. The number of nitrogens with one attached hydrogen (secondary N) is 2. The third kappa shape index (κ3) is 5.51. The number of amides is 2. The van der Waals surface area contributed by atoms with Crippen LogP contribution in [-0.4, -0.2) is 94.3 Å². The van der Waals surface area contributed by atoms with Gasteiger partial charge < -0.3 is 40.5 Å². The lowest BCUT2D eigenvalue weighted by molar-refractivity contribution is -0.303. The zero-order valence-corrected chi connectivity index (χ0v) is 14.8. The molecule has 0 unspecified atom stereocenters. The second kappa shape index (κ2) is 9.00. The van der Waals surface area contributed by atoms with Crippen molar-refractivity contribution < 1.29 is 57.5 Å². The molecule has 0 aliphatic carbocycles. The molecule has 28 heavy (non-hydrogen) atoms. The van der Waals surface area contributed by atoms with Crippen LogP contribution < -0.4 is 10.6 Å². The Hall–Kier alpha value is -2.00. The molecule has 1 saturated heterocycles. The number of carboxylic acid groups (broad SMARTS) is 1. The van der Waals surface area contributed by atoms with E-state index in [9.17, 15) is 48.0 Å². The van der Waals surface area contributed by atoms with Crippen LogP contribution in [-0.2, 0) is 23.9 Å². The molecule has 1 aliphatic rings. The Morgan fingerprint density at radius 3 is 2.32 bits per heavy atom. The van der Waals surface area contributed by atoms with Crippen LogP contribution >= 0.6 is 0 Å². The first-order valence-electron chi connectivity index (χ1n) is 7.88. The number of aliphatic carboxylic acids is 1. The number of hydrogen-bond donors (Lipinski definition) is 6. The van der Waals surface area contributed by atoms with Crippen LogP contribution in [0, 0.1) is 0 Å². The molecular formula is C14H21F3N2O9. The van der Waals surface area contributed by atoms with Crippen LogP contribution in [0.1, 0.15) is 13.3 Å². The van der Waals surface area contributed by atoms with Gasteiger partial charge in [0.15, 0.2) is 0 Å². The van der Waals surface area contributed by atoms with E-state index in [0.29, 0.717) is 0 Å². The largest absolute Gasteiger partial charge is 0.477 e. The molecule has 1 fully saturated rings. The number of halogens is 3. The fourth-order valence-corrected chi connectivity index (χ4v) is 2.60. The molecule has 0 saturated carbocycles. The Morgan fingerprint density at radius 1 is 1.32 bits per heavy atom. The second-order valence-corrected chi connectivity index (χ2v) is 6.11. The predicted octanol–water partition coefficient (Wildman–Crippen LogP) is -2.53. The van der Waals surface area contributed by atoms with Gasteiger partial charge in [0.2, 0.25) is 5.91 Å². The molecule has 6 atom stereocenters. The number of carbonyl (C=O) groups excluding carboxylic acids is 2. The summed E-state index contributed by atoms with van der Waals surface area (Å²) in [6, 6.07) is -1.95. The van der Waals surface area contributed by atoms with E-state index in [1.54, 1.807) is 0 Å². The third-order valence-electron chi connectivity index (χ3n) is 4.07. The molecule has 1 aliphatic heterocycles. The zero-order chi connectivity index (χ0) is 21.9. The highest BCUT2D eigenvalue weighted by molar-refractivity contribution is 5.82. The van der Waals surface area contributed by atoms with Gasteiger partial charge >= 0.3 is 18.1 Å². The summed E-state index contributed by atoms with van der Waals surface area (Å²) in [4.78, 5) is 33.6. The summed E-state index contributed by atoms with van der Waals surface area (Å²) in [5.74, 6) is -7.40. The molecule has 0 bridgehead atoms. The van der Waals surface area contributed by atoms with Crippen LogP contribution in [0.25, 0.3) is 0 Å². The molecule has 0 aromatic rings. The number of aliphatic hydroxyl groups excluding tert-OH is 3. The lowest BCUT2D eigenvalue weighted by Gasteiger charge is -2.46. The third-order valence-corrected chi connectivity index (χ3v) is 4.07. The van der Waals surface area contributed by atoms with Gasteiger partial charge in [0.25, 0.3) is 5.79 Å². The van der Waals surface area contributed by atoms with E-state index in [0.717, 1.165) is 14.0 Å². The molecular weight excluding hydrogens is 397 g/mol. The number of hydrogen-bond acceptors (Lipinski definition) is 8. The Labute approximate surface area is 156 Å². The molecule has 162 valence electrons. The topological polar surface area (TPSA) is 175 Å². The molecule has 11 nitrogen and oxygen atoms in total. The van der Waals surface area contributed by atoms with Crippen molar-refractivity contribution in [2.24, 2.45) is 0 Å². The number of methoxy groups -OCH3 is 1. The fourth-order valence-electron chi connectivity index (χ4n) is 2.60. The summed E-state index contributed by atoms with van der Waals surface area (Å²) in [5.41, 5.74) is 0. The van der Waals surface area contributed by atoms with Crippen molar-refractivity contribution in [2.45, 2.75) is 55.8 Å². The Bertz CT molecular complexity index is 603. The van der Waals surface area contributed by atoms with Gasteiger partial charge in [-0.2, -0.15) is 13.2 Å². The summed E-state index contributed by atoms with van der Waals surface area (Å²) < 4.78 is 47.5. The fraction of sp³-hybridized carbons (Fsp3) is 0.786. The van der Waals surface area contributed by atoms with Crippen molar-refractivity contribution in [1.29, 1.82) is 0 Å². The summed E-state index contributed by atoms with van der Waals surface area (Å²) in [6.45, 7) is 0.520. The summed E-state index contributed by atoms with van der Waals surface area (Å²) >= 11 is 0. The Kier molecular flexibility index (Phi) is 7.73. The number of rotatable bonds is 7. The molecule has 0 aromatic carbocycles. The molecule has 0 spiro atoms. The first kappa shape index (κ1) is 24.0. The van der Waals surface area contributed by atoms with Gasteiger partial charge in [-0.15, -0.1) is 0 Å². The highest BCUT2D eigenvalue weighted by Gasteiger charge is 2.56. The number of ether oxygens (including phenoxy) is 2. The standard InChI is InChI=1S/C14H21F3N2O9/c1-5(20)18-4-7(22)9(23)10-8(19-11(24)14(15,16)17)6(21)3-13(27-2,28-10)12(25)26/h6-10,21-23H,3-4H2,1-2H3,(H,18,20)(H,19,24)(H,25,26)/t6-,7+,8+,9+,10+,13+/m0/s1. The summed E-state index contributed by atoms with van der Waals surface area (Å²) in [6.07, 6.45) is -14.2. The SMILES string of the molecule is CO[C@]1(C(=O)O)C[C@H](O)[C@@H](NC(=O)C(F)(F)F)[C@H]([C@H](O)[C@H](O)CNC(C)=O)O1. The second-order valence-electron chi connectivity index (χ2n) is 6.11. The van der Waals surface area contributed by atoms with Crippen molar-refractivity contribution in [2.75, 3.05) is 13.7 Å². The Morgan fingerprint density at radius 2 is 1.89 bits per heavy atom. The van der Waals surface area contributed by atoms with E-state index in [1.807, 2.05) is 0 Å². The highest BCUT2D eigenvalue weighted by atomic mass is 19.4. The van der Waals surface area contributed by atoms with Gasteiger partial charge in [0.1, 0.15) is 12.2 Å². The van der Waals surface area contributed by atoms with Crippen LogP contribution in [0.3, 0.4) is 0 Å². The van der Waals surface area contributed by atoms with Crippen molar-refractivity contribution in [3.05, 3.63) is 0 Å². The molecule has 6 N–H and O–H groups in total. The van der Waals surface area contributed by atoms with Gasteiger partial charge in [-0.3, -0.25) is 9.59 Å². The minimum absolute atomic E-state index is 0.570. The summed E-state index contributed by atoms with van der Waals surface area (Å²) in [7, 11) is 0.882. The van der Waals surface area contributed by atoms with Crippen molar-refractivity contribution in [3.8, 4) is 0 Å². The van der Waals surface area contributed by atoms with E-state index >= 15 is 0 Å². The van der Waals surface area contributed by atoms with Crippen LogP contribution in [0.15, 0.2) is 0 Å². The van der Waals surface area contributed by atoms with Gasteiger partial charge in [-0.1, -0.05) is 0 Å². The Balaban J connectivity index is 3.18. The van der Waals surface area contributed by atoms with E-state index < -0.39 is 73.2 Å². The average Bonchev–Trinajstić information content (AvgIpc) is 2.59. The number of carboxylic acids is 1. The minimum atomic E-state index is -5.34. The first-order valence-corrected chi connectivity index (χ1v) is 7.88. The van der Waals surface area contributed by atoms with Crippen molar-refractivity contribution in [3.63, 3.8) is 0 Å². The van der Waals surface area contributed by atoms with Crippen molar-refractivity contribution in [1.82, 2.24) is 10.6 Å². The molecule has 1 rings (SSSR count). The maximum absolute atomic E-state index is 12.6. The van der Waals surface area contributed by atoms with Gasteiger partial charge in [0.05, 0.1) is 18.2 Å². The van der Waals surface area contributed by atoms with E-state index in [2.05, 4.69) is 5.32 Å². The molecule has 0 radical (unpaired) electrons. The highest BCUT2D eigenvalue weighted by Crippen LogP contribution is 2.33. The van der Waals surface area contributed by atoms with E-state index in [-0.39, 0.29) is 0 Å². The maximum atomic E-state index is 12.6. The summed E-state index contributed by atoms with van der Waals surface area (Å²) in [5, 5.41) is 43.2. The number of aliphatic hydroxyl groups is 3. The van der Waals surface area contributed by atoms with Gasteiger partial charge in [-0.25, -0.2) is 4.79 Å². The van der Waals surface area contributed by atoms with Crippen LogP contribution in [0.5, 0.6) is 0 Å². The average molecular weight is 418 g/mol. The molecule has 0 aromatic heterocycles. The monoisotopic (exact) mass is 418 g/mol. The zero-order valence-electron chi connectivity index (χ0n) is 14.8. The van der Waals surface area contributed by atoms with E-state index in [1.165, 1.54) is 5.32 Å². The quantitative estimate of drug-likeness (QED) is 0.260. The molecule has 1 heterocycles. The normalized spacial score (nSPS) is 30.2. The lowest BCUT2D eigenvalue weighted by Crippen LogP contribution is -2.68. The number of alkyl halides is 3. The molecule has 14 heteroatoms. The predicted molar refractivity (Wildman–Crippen MR) is 81.6 cm³/mol. The van der Waals surface area contributed by atoms with Crippen LogP contribution in [0.2, 0.25) is 0 Å². The first-order chi connectivity index (χ1) is 12.7. The lowest BCUT2D eigenvalue weighted by atomic mass is 9.88. The van der Waals surface area contributed by atoms with Gasteiger partial charge in [0, 0.05) is 27.0 Å². The number of carbonyl (C=O) groups is 3.